The molecule has 7 heteroatoms. The van der Waals surface area contributed by atoms with Crippen molar-refractivity contribution < 1.29 is 18.3 Å². The number of thiophene rings is 1. The third kappa shape index (κ3) is 1.17. The maximum Gasteiger partial charge on any atom is 0.345 e. The molecule has 0 aromatic carbocycles. The number of aromatic carboxylic acids is 1. The molecule has 0 radical (unpaired) electrons. The summed E-state index contributed by atoms with van der Waals surface area (Å²) < 4.78 is 24.5. The molecule has 0 amide bonds. The largest absolute Gasteiger partial charge is 0.477 e. The van der Waals surface area contributed by atoms with Crippen LogP contribution in [0.1, 0.15) is 15.2 Å². The van der Waals surface area contributed by atoms with E-state index in [1.54, 1.807) is 0 Å². The summed E-state index contributed by atoms with van der Waals surface area (Å²) in [7, 11) is -1.93. The van der Waals surface area contributed by atoms with Crippen molar-refractivity contribution in [2.24, 2.45) is 0 Å². The van der Waals surface area contributed by atoms with Crippen LogP contribution in [0.25, 0.3) is 0 Å². The lowest BCUT2D eigenvalue weighted by Gasteiger charge is -2.05. The van der Waals surface area contributed by atoms with Gasteiger partial charge >= 0.3 is 5.97 Å². The predicted molar refractivity (Wildman–Crippen MR) is 49.9 cm³/mol. The Morgan fingerprint density at radius 2 is 2.29 bits per heavy atom. The maximum absolute atomic E-state index is 11.6. The second kappa shape index (κ2) is 2.78. The van der Waals surface area contributed by atoms with Gasteiger partial charge in [0.1, 0.15) is 9.09 Å². The zero-order valence-electron chi connectivity index (χ0n) is 7.22. The highest BCUT2D eigenvalue weighted by Gasteiger charge is 2.35. The molecule has 0 saturated heterocycles. The van der Waals surface area contributed by atoms with Gasteiger partial charge in [-0.05, 0) is 11.6 Å². The molecule has 0 saturated carbocycles. The van der Waals surface area contributed by atoms with Gasteiger partial charge in [0.25, 0.3) is 10.0 Å². The highest BCUT2D eigenvalue weighted by Crippen LogP contribution is 2.35. The summed E-state index contributed by atoms with van der Waals surface area (Å²) in [6, 6.07) is 1.42. The third-order valence-electron chi connectivity index (χ3n) is 2.02. The summed E-state index contributed by atoms with van der Waals surface area (Å²) in [5.74, 6) is -1.08. The molecule has 5 nitrogen and oxygen atoms in total. The van der Waals surface area contributed by atoms with E-state index in [-0.39, 0.29) is 15.6 Å². The van der Waals surface area contributed by atoms with Crippen molar-refractivity contribution >= 4 is 27.3 Å². The number of fused-ring (bicyclic) bond motifs is 1. The Balaban J connectivity index is 2.60. The van der Waals surface area contributed by atoms with Crippen LogP contribution in [-0.2, 0) is 16.6 Å². The van der Waals surface area contributed by atoms with Crippen molar-refractivity contribution in [3.05, 3.63) is 16.5 Å². The van der Waals surface area contributed by atoms with Gasteiger partial charge in [-0.1, -0.05) is 0 Å². The van der Waals surface area contributed by atoms with Crippen LogP contribution in [-0.4, -0.2) is 30.8 Å². The monoisotopic (exact) mass is 233 g/mol. The van der Waals surface area contributed by atoms with Crippen LogP contribution < -0.4 is 0 Å². The van der Waals surface area contributed by atoms with Crippen molar-refractivity contribution in [3.63, 3.8) is 0 Å². The molecule has 76 valence electrons. The van der Waals surface area contributed by atoms with E-state index >= 15 is 0 Å². The molecule has 1 aromatic heterocycles. The molecule has 1 N–H and O–H groups in total. The van der Waals surface area contributed by atoms with Gasteiger partial charge in [-0.15, -0.1) is 11.3 Å². The van der Waals surface area contributed by atoms with Gasteiger partial charge in [-0.25, -0.2) is 13.2 Å². The second-order valence-corrected chi connectivity index (χ2v) is 6.28. The average Bonchev–Trinajstić information content (AvgIpc) is 2.55. The van der Waals surface area contributed by atoms with Crippen LogP contribution in [0.2, 0.25) is 0 Å². The molecule has 2 rings (SSSR count). The summed E-state index contributed by atoms with van der Waals surface area (Å²) in [6.45, 7) is 0.265. The highest BCUT2D eigenvalue weighted by atomic mass is 32.2. The Hall–Kier alpha value is -0.920. The summed E-state index contributed by atoms with van der Waals surface area (Å²) in [5.41, 5.74) is 0.579. The molecule has 0 aliphatic carbocycles. The van der Waals surface area contributed by atoms with Crippen LogP contribution in [0, 0.1) is 0 Å². The Kier molecular flexibility index (Phi) is 1.91. The van der Waals surface area contributed by atoms with E-state index in [2.05, 4.69) is 0 Å². The van der Waals surface area contributed by atoms with E-state index in [1.165, 1.54) is 17.4 Å². The minimum Gasteiger partial charge on any atom is -0.477 e. The van der Waals surface area contributed by atoms with Crippen LogP contribution in [0.15, 0.2) is 10.3 Å². The Labute approximate surface area is 84.6 Å². The van der Waals surface area contributed by atoms with Crippen molar-refractivity contribution in [2.75, 3.05) is 7.05 Å². The number of hydrogen-bond donors (Lipinski definition) is 1. The van der Waals surface area contributed by atoms with E-state index in [9.17, 15) is 13.2 Å². The minimum atomic E-state index is -3.41. The number of rotatable bonds is 1. The first-order chi connectivity index (χ1) is 6.43. The van der Waals surface area contributed by atoms with Gasteiger partial charge in [-0.3, -0.25) is 0 Å². The lowest BCUT2D eigenvalue weighted by molar-refractivity contribution is 0.0702. The van der Waals surface area contributed by atoms with Crippen LogP contribution in [0.3, 0.4) is 0 Å². The molecule has 0 fully saturated rings. The van der Waals surface area contributed by atoms with E-state index in [0.29, 0.717) is 5.56 Å². The SMILES string of the molecule is CN1Cc2cc(C(=O)O)sc2S1(=O)=O. The lowest BCUT2D eigenvalue weighted by atomic mass is 10.3. The Morgan fingerprint density at radius 1 is 1.64 bits per heavy atom. The Bertz CT molecular complexity index is 502. The summed E-state index contributed by atoms with van der Waals surface area (Å²) in [5, 5.41) is 8.68. The maximum atomic E-state index is 11.6. The van der Waals surface area contributed by atoms with Gasteiger partial charge in [0.2, 0.25) is 0 Å². The molecular weight excluding hydrogens is 226 g/mol. The van der Waals surface area contributed by atoms with E-state index in [0.717, 1.165) is 11.3 Å². The lowest BCUT2D eigenvalue weighted by Crippen LogP contribution is -2.18. The third-order valence-corrected chi connectivity index (χ3v) is 5.54. The quantitative estimate of drug-likeness (QED) is 0.770. The van der Waals surface area contributed by atoms with Gasteiger partial charge < -0.3 is 5.11 Å². The van der Waals surface area contributed by atoms with Crippen LogP contribution in [0.4, 0.5) is 0 Å². The highest BCUT2D eigenvalue weighted by molar-refractivity contribution is 7.91. The molecule has 14 heavy (non-hydrogen) atoms. The van der Waals surface area contributed by atoms with E-state index in [4.69, 9.17) is 5.11 Å². The minimum absolute atomic E-state index is 0.0756. The zero-order chi connectivity index (χ0) is 10.5. The summed E-state index contributed by atoms with van der Waals surface area (Å²) in [4.78, 5) is 10.7. The summed E-state index contributed by atoms with van der Waals surface area (Å²) in [6.07, 6.45) is 0. The topological polar surface area (TPSA) is 74.7 Å². The molecule has 0 spiro atoms. The van der Waals surface area contributed by atoms with Crippen molar-refractivity contribution in [1.82, 2.24) is 4.31 Å². The first-order valence-corrected chi connectivity index (χ1v) is 6.01. The molecular formula is C7H7NO4S2. The first kappa shape index (κ1) is 9.63. The predicted octanol–water partition coefficient (Wildman–Crippen LogP) is 0.580. The number of sulfonamides is 1. The Morgan fingerprint density at radius 3 is 2.79 bits per heavy atom. The molecule has 1 aromatic rings. The summed E-state index contributed by atoms with van der Waals surface area (Å²) >= 11 is 0.812. The number of carboxylic acids is 1. The fourth-order valence-corrected chi connectivity index (χ4v) is 4.17. The molecule has 1 aliphatic heterocycles. The smallest absolute Gasteiger partial charge is 0.345 e. The van der Waals surface area contributed by atoms with Crippen LogP contribution >= 0.6 is 11.3 Å². The fourth-order valence-electron chi connectivity index (χ4n) is 1.31. The first-order valence-electron chi connectivity index (χ1n) is 3.75. The van der Waals surface area contributed by atoms with Gasteiger partial charge in [-0.2, -0.15) is 4.31 Å². The van der Waals surface area contributed by atoms with Gasteiger partial charge in [0.15, 0.2) is 0 Å². The fraction of sp³-hybridized carbons (Fsp3) is 0.286. The van der Waals surface area contributed by atoms with Crippen molar-refractivity contribution in [1.29, 1.82) is 0 Å². The molecule has 0 unspecified atom stereocenters. The van der Waals surface area contributed by atoms with E-state index < -0.39 is 16.0 Å². The molecule has 0 atom stereocenters. The second-order valence-electron chi connectivity index (χ2n) is 2.99. The normalized spacial score (nSPS) is 19.5. The van der Waals surface area contributed by atoms with Gasteiger partial charge in [0, 0.05) is 13.6 Å². The van der Waals surface area contributed by atoms with Crippen LogP contribution in [0.5, 0.6) is 0 Å². The number of nitrogens with zero attached hydrogens (tertiary/aromatic N) is 1. The molecule has 0 bridgehead atoms. The zero-order valence-corrected chi connectivity index (χ0v) is 8.85. The number of carboxylic acid groups (broad SMARTS) is 1. The standard InChI is InChI=1S/C7H7NO4S2/c1-8-3-4-2-5(6(9)10)13-7(4)14(8,11)12/h2H,3H2,1H3,(H,9,10). The van der Waals surface area contributed by atoms with Crippen molar-refractivity contribution in [3.8, 4) is 0 Å². The van der Waals surface area contributed by atoms with E-state index in [1.807, 2.05) is 0 Å². The van der Waals surface area contributed by atoms with Crippen molar-refractivity contribution in [2.45, 2.75) is 10.8 Å². The van der Waals surface area contributed by atoms with Gasteiger partial charge in [0.05, 0.1) is 0 Å². The number of hydrogen-bond acceptors (Lipinski definition) is 4. The number of carbonyl (C=O) groups is 1. The average molecular weight is 233 g/mol. The molecule has 2 heterocycles. The molecule has 1 aliphatic rings.